The Morgan fingerprint density at radius 1 is 0.949 bits per heavy atom. The Hall–Kier alpha value is -3.00. The molecule has 0 saturated carbocycles. The molecule has 2 heterocycles. The molecule has 3 aromatic carbocycles. The number of piperidine rings is 1. The summed E-state index contributed by atoms with van der Waals surface area (Å²) < 4.78 is 2.15. The molecule has 0 spiro atoms. The van der Waals surface area contributed by atoms with Crippen molar-refractivity contribution in [3.8, 4) is 5.69 Å². The fraction of sp³-hybridized carbons (Fsp3) is 0.300. The van der Waals surface area contributed by atoms with Gasteiger partial charge < -0.3 is 10.0 Å². The quantitative estimate of drug-likeness (QED) is 0.204. The second-order valence-corrected chi connectivity index (χ2v) is 11.6. The van der Waals surface area contributed by atoms with E-state index in [9.17, 15) is 9.90 Å². The number of aryl methyl sites for hydroxylation is 1. The number of hydrogen-bond donors (Lipinski definition) is 1. The van der Waals surface area contributed by atoms with E-state index in [4.69, 9.17) is 23.2 Å². The molecule has 1 fully saturated rings. The Morgan fingerprint density at radius 2 is 1.54 bits per heavy atom. The molecule has 1 N–H and O–H groups in total. The highest BCUT2D eigenvalue weighted by Crippen LogP contribution is 2.41. The topological polar surface area (TPSA) is 71.2 Å². The number of nitrogens with zero attached hydrogens (tertiary/aromatic N) is 4. The van der Waals surface area contributed by atoms with Crippen LogP contribution < -0.4 is 4.90 Å². The Bertz CT molecular complexity index is 1370. The number of benzene rings is 3. The molecule has 4 aromatic rings. The van der Waals surface area contributed by atoms with Gasteiger partial charge in [0.05, 0.1) is 16.9 Å². The Kier molecular flexibility index (Phi) is 8.80. The van der Waals surface area contributed by atoms with E-state index in [-0.39, 0.29) is 11.2 Å². The van der Waals surface area contributed by atoms with Gasteiger partial charge in [0.1, 0.15) is 5.82 Å². The normalized spacial score (nSPS) is 14.2. The lowest BCUT2D eigenvalue weighted by Crippen LogP contribution is -2.36. The summed E-state index contributed by atoms with van der Waals surface area (Å²) in [5, 5.41) is 20.8. The maximum atomic E-state index is 11.4. The minimum Gasteiger partial charge on any atom is -0.481 e. The van der Waals surface area contributed by atoms with Gasteiger partial charge in [-0.1, -0.05) is 72.2 Å². The van der Waals surface area contributed by atoms with E-state index in [0.29, 0.717) is 22.9 Å². The molecule has 1 saturated heterocycles. The average Bonchev–Trinajstić information content (AvgIpc) is 3.35. The highest BCUT2D eigenvalue weighted by Gasteiger charge is 2.26. The molecule has 39 heavy (non-hydrogen) atoms. The number of hydrogen-bond acceptors (Lipinski definition) is 5. The largest absolute Gasteiger partial charge is 0.481 e. The van der Waals surface area contributed by atoms with Crippen molar-refractivity contribution >= 4 is 46.6 Å². The molecular formula is C30H30Cl2N4O2S. The first-order chi connectivity index (χ1) is 18.9. The van der Waals surface area contributed by atoms with Crippen molar-refractivity contribution in [1.29, 1.82) is 0 Å². The van der Waals surface area contributed by atoms with Crippen LogP contribution >= 0.6 is 35.0 Å². The number of thioether (sulfide) groups is 1. The second kappa shape index (κ2) is 12.5. The van der Waals surface area contributed by atoms with Gasteiger partial charge in [0.25, 0.3) is 0 Å². The number of carbonyl (C=O) groups is 1. The third-order valence-corrected chi connectivity index (χ3v) is 8.80. The van der Waals surface area contributed by atoms with Gasteiger partial charge in [-0.05, 0) is 72.9 Å². The molecule has 5 rings (SSSR count). The van der Waals surface area contributed by atoms with E-state index in [1.807, 2.05) is 54.6 Å². The van der Waals surface area contributed by atoms with Gasteiger partial charge in [-0.3, -0.25) is 9.36 Å². The van der Waals surface area contributed by atoms with Gasteiger partial charge in [0.15, 0.2) is 5.16 Å². The first-order valence-corrected chi connectivity index (χ1v) is 14.8. The average molecular weight is 582 g/mol. The van der Waals surface area contributed by atoms with E-state index in [2.05, 4.69) is 44.8 Å². The van der Waals surface area contributed by atoms with Gasteiger partial charge in [0.2, 0.25) is 0 Å². The first-order valence-electron chi connectivity index (χ1n) is 13.1. The lowest BCUT2D eigenvalue weighted by atomic mass is 9.97. The summed E-state index contributed by atoms with van der Waals surface area (Å²) in [6.45, 7) is 3.58. The summed E-state index contributed by atoms with van der Waals surface area (Å²) in [6.07, 6.45) is 3.05. The molecule has 0 amide bonds. The lowest BCUT2D eigenvalue weighted by Gasteiger charge is -2.32. The Morgan fingerprint density at radius 3 is 2.10 bits per heavy atom. The summed E-state index contributed by atoms with van der Waals surface area (Å²) in [5.74, 6) is -0.0542. The molecule has 0 aliphatic carbocycles. The van der Waals surface area contributed by atoms with E-state index in [1.54, 1.807) is 11.8 Å². The molecule has 0 bridgehead atoms. The summed E-state index contributed by atoms with van der Waals surface area (Å²) in [6, 6.07) is 24.2. The zero-order valence-electron chi connectivity index (χ0n) is 21.6. The van der Waals surface area contributed by atoms with Gasteiger partial charge in [-0.25, -0.2) is 0 Å². The van der Waals surface area contributed by atoms with Gasteiger partial charge in [0, 0.05) is 35.2 Å². The van der Waals surface area contributed by atoms with Crippen molar-refractivity contribution in [2.24, 2.45) is 5.92 Å². The van der Waals surface area contributed by atoms with Crippen molar-refractivity contribution in [2.45, 2.75) is 43.0 Å². The Labute approximate surface area is 243 Å². The number of anilines is 1. The van der Waals surface area contributed by atoms with Crippen molar-refractivity contribution in [3.05, 3.63) is 99.8 Å². The number of carboxylic acids is 1. The highest BCUT2D eigenvalue weighted by atomic mass is 35.5. The van der Waals surface area contributed by atoms with Crippen LogP contribution in [0.2, 0.25) is 10.0 Å². The predicted octanol–water partition coefficient (Wildman–Crippen LogP) is 7.71. The third kappa shape index (κ3) is 6.43. The maximum Gasteiger partial charge on any atom is 0.306 e. The van der Waals surface area contributed by atoms with Gasteiger partial charge in [-0.15, -0.1) is 10.2 Å². The van der Waals surface area contributed by atoms with Crippen LogP contribution in [0.5, 0.6) is 0 Å². The number of aliphatic carboxylic acids is 1. The van der Waals surface area contributed by atoms with E-state index < -0.39 is 5.97 Å². The van der Waals surface area contributed by atoms with Crippen LogP contribution in [-0.2, 0) is 11.2 Å². The number of aromatic nitrogens is 3. The number of halogens is 2. The molecule has 0 atom stereocenters. The maximum absolute atomic E-state index is 11.4. The molecule has 1 aliphatic heterocycles. The lowest BCUT2D eigenvalue weighted by molar-refractivity contribution is -0.142. The second-order valence-electron chi connectivity index (χ2n) is 9.70. The summed E-state index contributed by atoms with van der Waals surface area (Å²) >= 11 is 14.1. The zero-order chi connectivity index (χ0) is 27.4. The van der Waals surface area contributed by atoms with Crippen LogP contribution in [0.3, 0.4) is 0 Å². The van der Waals surface area contributed by atoms with Crippen molar-refractivity contribution in [1.82, 2.24) is 14.8 Å². The van der Waals surface area contributed by atoms with E-state index >= 15 is 0 Å². The predicted molar refractivity (Wildman–Crippen MR) is 159 cm³/mol. The molecular weight excluding hydrogens is 551 g/mol. The number of carboxylic acid groups (broad SMARTS) is 1. The third-order valence-electron chi connectivity index (χ3n) is 7.04. The SMILES string of the molecule is CCCc1nnc(SC(c2ccc(Cl)cc2)c2ccc(Cl)cc2)n1-c1cccc(N2CCC(C(=O)O)CC2)c1. The van der Waals surface area contributed by atoms with Crippen LogP contribution in [0.4, 0.5) is 5.69 Å². The fourth-order valence-electron chi connectivity index (χ4n) is 4.94. The smallest absolute Gasteiger partial charge is 0.306 e. The number of rotatable bonds is 9. The first kappa shape index (κ1) is 27.6. The molecule has 1 aromatic heterocycles. The minimum absolute atomic E-state index is 0.0461. The standard InChI is InChI=1S/C30H30Cl2N4O2S/c1-2-4-27-33-34-30(39-28(20-7-11-23(31)12-8-20)21-9-13-24(32)14-10-21)36(27)26-6-3-5-25(19-26)35-17-15-22(16-18-35)29(37)38/h3,5-14,19,22,28H,2,4,15-18H2,1H3,(H,37,38). The van der Waals surface area contributed by atoms with E-state index in [0.717, 1.165) is 59.4 Å². The van der Waals surface area contributed by atoms with Crippen molar-refractivity contribution in [3.63, 3.8) is 0 Å². The van der Waals surface area contributed by atoms with Crippen molar-refractivity contribution in [2.75, 3.05) is 18.0 Å². The van der Waals surface area contributed by atoms with Crippen LogP contribution in [-0.4, -0.2) is 38.9 Å². The summed E-state index contributed by atoms with van der Waals surface area (Å²) in [5.41, 5.74) is 4.28. The van der Waals surface area contributed by atoms with Gasteiger partial charge >= 0.3 is 5.97 Å². The van der Waals surface area contributed by atoms with Crippen LogP contribution in [0, 0.1) is 5.92 Å². The van der Waals surface area contributed by atoms with Crippen LogP contribution in [0.25, 0.3) is 5.69 Å². The van der Waals surface area contributed by atoms with E-state index in [1.165, 1.54) is 0 Å². The molecule has 9 heteroatoms. The summed E-state index contributed by atoms with van der Waals surface area (Å²) in [7, 11) is 0. The Balaban J connectivity index is 1.50. The fourth-order valence-corrected chi connectivity index (χ4v) is 6.40. The van der Waals surface area contributed by atoms with Crippen LogP contribution in [0.1, 0.15) is 48.4 Å². The van der Waals surface area contributed by atoms with Crippen LogP contribution in [0.15, 0.2) is 78.0 Å². The molecule has 6 nitrogen and oxygen atoms in total. The zero-order valence-corrected chi connectivity index (χ0v) is 24.0. The highest BCUT2D eigenvalue weighted by molar-refractivity contribution is 7.99. The monoisotopic (exact) mass is 580 g/mol. The summed E-state index contributed by atoms with van der Waals surface area (Å²) in [4.78, 5) is 13.7. The molecule has 1 aliphatic rings. The van der Waals surface area contributed by atoms with Crippen molar-refractivity contribution < 1.29 is 9.90 Å². The minimum atomic E-state index is -0.699. The molecule has 202 valence electrons. The molecule has 0 radical (unpaired) electrons. The molecule has 0 unspecified atom stereocenters. The van der Waals surface area contributed by atoms with Gasteiger partial charge in [-0.2, -0.15) is 0 Å².